The van der Waals surface area contributed by atoms with E-state index in [4.69, 9.17) is 26.0 Å². The summed E-state index contributed by atoms with van der Waals surface area (Å²) in [6.45, 7) is 2.84. The fraction of sp³-hybridized carbons (Fsp3) is 0.420. The highest BCUT2D eigenvalue weighted by Gasteiger charge is 2.45. The fourth-order valence-electron chi connectivity index (χ4n) is 8.95. The van der Waals surface area contributed by atoms with Gasteiger partial charge in [0.25, 0.3) is 5.56 Å². The summed E-state index contributed by atoms with van der Waals surface area (Å²) in [5.41, 5.74) is 12.5. The average molecular weight is 1010 g/mol. The number of nitrogens with two attached hydrogens (primary N) is 2. The van der Waals surface area contributed by atoms with Gasteiger partial charge in [-0.3, -0.25) is 38.6 Å². The summed E-state index contributed by atoms with van der Waals surface area (Å²) in [7, 11) is 0. The number of ether oxygens (including phenoxy) is 1. The highest BCUT2D eigenvalue weighted by molar-refractivity contribution is 6.02. The number of aliphatic imine (C=N–C) groups is 1. The predicted octanol–water partition coefficient (Wildman–Crippen LogP) is -0.508. The second-order valence-corrected chi connectivity index (χ2v) is 17.9. The summed E-state index contributed by atoms with van der Waals surface area (Å²) in [4.78, 5) is 122. The first-order chi connectivity index (χ1) is 35.1. The van der Waals surface area contributed by atoms with Crippen LogP contribution in [0, 0.1) is 0 Å². The maximum atomic E-state index is 14.1. The molecule has 6 amide bonds. The molecule has 0 radical (unpaired) electrons. The normalized spacial score (nSPS) is 21.2. The van der Waals surface area contributed by atoms with Gasteiger partial charge >= 0.3 is 5.97 Å². The Kier molecular flexibility index (Phi) is 17.2. The van der Waals surface area contributed by atoms with Crippen molar-refractivity contribution in [3.05, 3.63) is 98.8 Å². The lowest BCUT2D eigenvalue weighted by atomic mass is 9.86. The zero-order valence-corrected chi connectivity index (χ0v) is 40.5. The highest BCUT2D eigenvalue weighted by atomic mass is 16.6. The number of aromatic nitrogens is 2. The third kappa shape index (κ3) is 12.5. The number of guanidine groups is 1. The number of fused-ring (bicyclic) bond motifs is 5. The number of rotatable bonds is 17. The van der Waals surface area contributed by atoms with Crippen LogP contribution in [0.5, 0.6) is 0 Å². The minimum absolute atomic E-state index is 0.00541. The Morgan fingerprint density at radius 3 is 2.32 bits per heavy atom. The number of pyridine rings is 2. The molecule has 7 rings (SSSR count). The van der Waals surface area contributed by atoms with Crippen LogP contribution in [-0.2, 0) is 68.3 Å². The van der Waals surface area contributed by atoms with Crippen LogP contribution in [0.25, 0.3) is 22.3 Å². The van der Waals surface area contributed by atoms with E-state index in [0.717, 1.165) is 5.39 Å². The fourth-order valence-corrected chi connectivity index (χ4v) is 8.95. The smallest absolute Gasteiger partial charge is 0.343 e. The standard InChI is InChI=1S/C50H60N12O11/c1-3-34-44(66)61-38(22-28-12-6-5-7-13-28)46(68)60-37(45(67)59-36(17-11-19-54-49(51)52)43(65)55-25-41(64)57-34)16-10-18-40(63)53-20-21-73-56-24-30-29-14-8-9-15-35(29)58-42-31(30)26-62-39(42)23-33-32(47(62)69)27-72-48(70)50(33,71)4-2/h5-9,12-15,23-24,34,36-38,71H,3-4,10-11,16-22,25-27H2,1-2H3,(H,53,63)(H,55,65)(H,57,64)(H,59,67)(H,60,68)(H,61,66)(H4,51,52,54)/b56-24+/t34-,36-,37-,38+,50-/m0/s1. The van der Waals surface area contributed by atoms with Gasteiger partial charge in [0.2, 0.25) is 35.4 Å². The zero-order chi connectivity index (χ0) is 52.2. The van der Waals surface area contributed by atoms with Gasteiger partial charge in [0.15, 0.2) is 11.6 Å². The Morgan fingerprint density at radius 2 is 1.58 bits per heavy atom. The van der Waals surface area contributed by atoms with E-state index in [0.29, 0.717) is 33.6 Å². The molecule has 3 aliphatic rings. The minimum Gasteiger partial charge on any atom is -0.458 e. The van der Waals surface area contributed by atoms with Crippen molar-refractivity contribution in [3.63, 3.8) is 0 Å². The van der Waals surface area contributed by atoms with Gasteiger partial charge in [0, 0.05) is 41.5 Å². The number of hydrogen-bond donors (Lipinski definition) is 9. The molecule has 23 nitrogen and oxygen atoms in total. The van der Waals surface area contributed by atoms with E-state index in [9.17, 15) is 43.5 Å². The summed E-state index contributed by atoms with van der Waals surface area (Å²) in [6.07, 6.45) is 2.03. The van der Waals surface area contributed by atoms with Crippen molar-refractivity contribution in [2.24, 2.45) is 21.6 Å². The number of amides is 6. The molecule has 0 bridgehead atoms. The van der Waals surface area contributed by atoms with E-state index < -0.39 is 83.3 Å². The van der Waals surface area contributed by atoms with Crippen LogP contribution in [0.2, 0.25) is 0 Å². The number of hydrogen-bond acceptors (Lipinski definition) is 14. The van der Waals surface area contributed by atoms with Crippen molar-refractivity contribution in [2.45, 2.75) is 108 Å². The molecule has 0 spiro atoms. The zero-order valence-electron chi connectivity index (χ0n) is 40.5. The molecule has 0 unspecified atom stereocenters. The summed E-state index contributed by atoms with van der Waals surface area (Å²) in [6, 6.07) is 13.2. The largest absolute Gasteiger partial charge is 0.458 e. The molecule has 5 heterocycles. The van der Waals surface area contributed by atoms with Gasteiger partial charge < -0.3 is 62.6 Å². The van der Waals surface area contributed by atoms with Crippen molar-refractivity contribution < 1.29 is 48.2 Å². The molecule has 73 heavy (non-hydrogen) atoms. The summed E-state index contributed by atoms with van der Waals surface area (Å²) in [5, 5.41) is 32.2. The van der Waals surface area contributed by atoms with E-state index in [1.807, 2.05) is 24.3 Å². The van der Waals surface area contributed by atoms with Gasteiger partial charge in [-0.25, -0.2) is 9.78 Å². The van der Waals surface area contributed by atoms with Crippen LogP contribution in [0.15, 0.2) is 75.6 Å². The van der Waals surface area contributed by atoms with Gasteiger partial charge in [-0.2, -0.15) is 0 Å². The van der Waals surface area contributed by atoms with Gasteiger partial charge in [-0.15, -0.1) is 0 Å². The van der Waals surface area contributed by atoms with Crippen molar-refractivity contribution >= 4 is 64.5 Å². The van der Waals surface area contributed by atoms with Crippen LogP contribution in [0.1, 0.15) is 86.6 Å². The highest BCUT2D eigenvalue weighted by Crippen LogP contribution is 2.40. The number of cyclic esters (lactones) is 1. The van der Waals surface area contributed by atoms with Gasteiger partial charge in [-0.1, -0.05) is 67.5 Å². The maximum Gasteiger partial charge on any atom is 0.343 e. The number of esters is 1. The van der Waals surface area contributed by atoms with E-state index in [-0.39, 0.29) is 101 Å². The monoisotopic (exact) mass is 1000 g/mol. The van der Waals surface area contributed by atoms with Gasteiger partial charge in [0.05, 0.1) is 48.3 Å². The van der Waals surface area contributed by atoms with Gasteiger partial charge in [-0.05, 0) is 56.2 Å². The average Bonchev–Trinajstić information content (AvgIpc) is 3.75. The first-order valence-corrected chi connectivity index (χ1v) is 24.2. The number of benzene rings is 2. The number of oxime groups is 1. The topological polar surface area (TPSA) is 342 Å². The van der Waals surface area contributed by atoms with Crippen molar-refractivity contribution in [1.82, 2.24) is 41.5 Å². The summed E-state index contributed by atoms with van der Waals surface area (Å²) >= 11 is 0. The molecule has 1 fully saturated rings. The Morgan fingerprint density at radius 1 is 0.890 bits per heavy atom. The third-order valence-electron chi connectivity index (χ3n) is 12.9. The summed E-state index contributed by atoms with van der Waals surface area (Å²) < 4.78 is 6.73. The first-order valence-electron chi connectivity index (χ1n) is 24.2. The van der Waals surface area contributed by atoms with Crippen molar-refractivity contribution in [1.29, 1.82) is 0 Å². The van der Waals surface area contributed by atoms with Crippen LogP contribution >= 0.6 is 0 Å². The van der Waals surface area contributed by atoms with Gasteiger partial charge in [0.1, 0.15) is 37.4 Å². The summed E-state index contributed by atoms with van der Waals surface area (Å²) in [5.74, 6) is -4.81. The molecule has 1 saturated heterocycles. The molecule has 5 atom stereocenters. The molecule has 23 heteroatoms. The number of nitrogens with zero attached hydrogens (tertiary/aromatic N) is 4. The molecule has 2 aromatic heterocycles. The number of carbonyl (C=O) groups is 7. The van der Waals surface area contributed by atoms with Crippen LogP contribution in [-0.4, -0.2) is 119 Å². The van der Waals surface area contributed by atoms with Crippen molar-refractivity contribution in [3.8, 4) is 11.4 Å². The number of aliphatic hydroxyl groups is 1. The van der Waals surface area contributed by atoms with Crippen LogP contribution in [0.3, 0.4) is 0 Å². The lowest BCUT2D eigenvalue weighted by Gasteiger charge is -2.31. The second-order valence-electron chi connectivity index (χ2n) is 17.9. The van der Waals surface area contributed by atoms with Crippen LogP contribution in [0.4, 0.5) is 0 Å². The predicted molar refractivity (Wildman–Crippen MR) is 266 cm³/mol. The molecule has 0 saturated carbocycles. The molecule has 386 valence electrons. The number of nitrogens with one attached hydrogen (secondary N) is 6. The molecular formula is C50H60N12O11. The quantitative estimate of drug-likeness (QED) is 0.0186. The number of para-hydroxylation sites is 1. The minimum atomic E-state index is -1.98. The maximum absolute atomic E-state index is 14.1. The Labute approximate surface area is 419 Å². The van der Waals surface area contributed by atoms with E-state index in [1.165, 1.54) is 10.8 Å². The Balaban J connectivity index is 1.01. The second kappa shape index (κ2) is 23.8. The van der Waals surface area contributed by atoms with E-state index in [1.54, 1.807) is 50.2 Å². The molecule has 4 aromatic rings. The lowest BCUT2D eigenvalue weighted by molar-refractivity contribution is -0.172. The molecule has 11 N–H and O–H groups in total. The number of carbonyl (C=O) groups excluding carboxylic acids is 7. The van der Waals surface area contributed by atoms with E-state index >= 15 is 0 Å². The molecule has 3 aliphatic heterocycles. The molecule has 0 aliphatic carbocycles. The molecular weight excluding hydrogens is 945 g/mol. The Bertz CT molecular complexity index is 2890. The third-order valence-corrected chi connectivity index (χ3v) is 12.9. The SMILES string of the molecule is CC[C@@H]1NC(=O)CNC(=O)[C@H](CCCN=C(N)N)NC(=O)[C@H](CCCC(=O)NCCO/N=C/c2c3c(nc4ccccc24)-c2cc4c(c(=O)n2C3)COC(=O)[C@]4(O)CC)NC(=O)[C@@H](Cc2ccccc2)NC1=O. The van der Waals surface area contributed by atoms with Crippen LogP contribution < -0.4 is 48.9 Å². The lowest BCUT2D eigenvalue weighted by Crippen LogP contribution is -2.58. The van der Waals surface area contributed by atoms with E-state index in [2.05, 4.69) is 42.0 Å². The first kappa shape index (κ1) is 52.6. The molecule has 2 aromatic carbocycles. The van der Waals surface area contributed by atoms with Crippen molar-refractivity contribution in [2.75, 3.05) is 26.2 Å². The Hall–Kier alpha value is -8.21.